The number of benzene rings is 1. The van der Waals surface area contributed by atoms with Gasteiger partial charge in [-0.25, -0.2) is 0 Å². The smallest absolute Gasteiger partial charge is 0.123 e. The fraction of sp³-hybridized carbons (Fsp3) is 0.385. The molecule has 0 amide bonds. The first-order chi connectivity index (χ1) is 7.76. The van der Waals surface area contributed by atoms with E-state index in [2.05, 4.69) is 22.0 Å². The number of ether oxygens (including phenoxy) is 2. The molecule has 0 N–H and O–H groups in total. The first-order valence-electron chi connectivity index (χ1n) is 5.38. The van der Waals surface area contributed by atoms with Gasteiger partial charge >= 0.3 is 0 Å². The molecule has 0 fully saturated rings. The Morgan fingerprint density at radius 3 is 2.38 bits per heavy atom. The van der Waals surface area contributed by atoms with Gasteiger partial charge in [0.2, 0.25) is 0 Å². The van der Waals surface area contributed by atoms with Gasteiger partial charge in [-0.15, -0.1) is 0 Å². The zero-order valence-corrected chi connectivity index (χ0v) is 10.9. The first kappa shape index (κ1) is 10.2. The van der Waals surface area contributed by atoms with Gasteiger partial charge in [0.1, 0.15) is 11.5 Å². The molecule has 2 bridgehead atoms. The summed E-state index contributed by atoms with van der Waals surface area (Å²) in [7, 11) is 3.46. The van der Waals surface area contributed by atoms with Crippen molar-refractivity contribution in [3.63, 3.8) is 0 Å². The number of fused-ring (bicyclic) bond motifs is 5. The highest BCUT2D eigenvalue weighted by Gasteiger charge is 2.41. The lowest BCUT2D eigenvalue weighted by Crippen LogP contribution is -2.02. The predicted octanol–water partition coefficient (Wildman–Crippen LogP) is 3.57. The van der Waals surface area contributed by atoms with Crippen LogP contribution in [0.5, 0.6) is 11.5 Å². The summed E-state index contributed by atoms with van der Waals surface area (Å²) < 4.78 is 12.2. The summed E-state index contributed by atoms with van der Waals surface area (Å²) in [5.74, 6) is 2.91. The third-order valence-corrected chi connectivity index (χ3v) is 4.37. The van der Waals surface area contributed by atoms with Crippen LogP contribution in [-0.2, 0) is 0 Å². The first-order valence-corrected chi connectivity index (χ1v) is 6.17. The van der Waals surface area contributed by atoms with Crippen LogP contribution in [0, 0.1) is 0 Å². The molecule has 84 valence electrons. The van der Waals surface area contributed by atoms with Gasteiger partial charge in [0, 0.05) is 23.0 Å². The number of allylic oxidation sites excluding steroid dienone is 2. The molecule has 0 aliphatic heterocycles. The van der Waals surface area contributed by atoms with Crippen LogP contribution in [0.1, 0.15) is 29.4 Å². The van der Waals surface area contributed by atoms with Crippen molar-refractivity contribution in [3.8, 4) is 11.5 Å². The van der Waals surface area contributed by atoms with E-state index in [9.17, 15) is 0 Å². The molecule has 3 rings (SSSR count). The van der Waals surface area contributed by atoms with Crippen LogP contribution in [-0.4, -0.2) is 14.2 Å². The Bertz CT molecular complexity index is 479. The third kappa shape index (κ3) is 1.18. The number of halogens is 1. The van der Waals surface area contributed by atoms with Crippen LogP contribution in [0.2, 0.25) is 0 Å². The van der Waals surface area contributed by atoms with Crippen molar-refractivity contribution >= 4 is 15.9 Å². The highest BCUT2D eigenvalue weighted by Crippen LogP contribution is 2.59. The standard InChI is InChI=1S/C13H13BrO2/c1-15-10-3-4-11(16-2)13-8-5-7(12(10)13)6-9(8)14/h3-4,6-8H,5H2,1-2H3. The van der Waals surface area contributed by atoms with Crippen LogP contribution in [0.15, 0.2) is 22.7 Å². The molecule has 0 radical (unpaired) electrons. The minimum absolute atomic E-state index is 0.463. The molecule has 0 saturated heterocycles. The van der Waals surface area contributed by atoms with E-state index in [0.29, 0.717) is 11.8 Å². The van der Waals surface area contributed by atoms with E-state index in [1.54, 1.807) is 14.2 Å². The summed E-state index contributed by atoms with van der Waals surface area (Å²) in [5, 5.41) is 0. The highest BCUT2D eigenvalue weighted by atomic mass is 79.9. The molecule has 0 spiro atoms. The molecule has 0 saturated carbocycles. The minimum Gasteiger partial charge on any atom is -0.496 e. The maximum Gasteiger partial charge on any atom is 0.123 e. The fourth-order valence-electron chi connectivity index (χ4n) is 2.89. The van der Waals surface area contributed by atoms with Crippen molar-refractivity contribution in [1.82, 2.24) is 0 Å². The van der Waals surface area contributed by atoms with Gasteiger partial charge in [-0.1, -0.05) is 22.0 Å². The number of hydrogen-bond donors (Lipinski definition) is 0. The normalized spacial score (nSPS) is 25.3. The van der Waals surface area contributed by atoms with Gasteiger partial charge in [0.25, 0.3) is 0 Å². The van der Waals surface area contributed by atoms with Gasteiger partial charge < -0.3 is 9.47 Å². The maximum atomic E-state index is 5.45. The average molecular weight is 281 g/mol. The van der Waals surface area contributed by atoms with Crippen molar-refractivity contribution < 1.29 is 9.47 Å². The summed E-state index contributed by atoms with van der Waals surface area (Å²) in [6.07, 6.45) is 3.43. The van der Waals surface area contributed by atoms with Crippen molar-refractivity contribution in [2.24, 2.45) is 0 Å². The summed E-state index contributed by atoms with van der Waals surface area (Å²) >= 11 is 3.64. The van der Waals surface area contributed by atoms with E-state index in [1.165, 1.54) is 15.6 Å². The summed E-state index contributed by atoms with van der Waals surface area (Å²) in [4.78, 5) is 0. The SMILES string of the molecule is COc1ccc(OC)c2c1C1C=C(Br)C2C1. The molecule has 1 aromatic carbocycles. The largest absolute Gasteiger partial charge is 0.496 e. The van der Waals surface area contributed by atoms with E-state index in [1.807, 2.05) is 12.1 Å². The van der Waals surface area contributed by atoms with E-state index in [-0.39, 0.29) is 0 Å². The third-order valence-electron chi connectivity index (χ3n) is 3.55. The van der Waals surface area contributed by atoms with Crippen LogP contribution in [0.25, 0.3) is 0 Å². The maximum absolute atomic E-state index is 5.45. The Morgan fingerprint density at radius 1 is 1.12 bits per heavy atom. The van der Waals surface area contributed by atoms with Crippen molar-refractivity contribution in [1.29, 1.82) is 0 Å². The van der Waals surface area contributed by atoms with Crippen LogP contribution in [0.3, 0.4) is 0 Å². The Labute approximate surface area is 103 Å². The van der Waals surface area contributed by atoms with E-state index in [0.717, 1.165) is 17.9 Å². The molecule has 0 aromatic heterocycles. The van der Waals surface area contributed by atoms with Crippen LogP contribution in [0.4, 0.5) is 0 Å². The second kappa shape index (κ2) is 3.52. The van der Waals surface area contributed by atoms with Crippen molar-refractivity contribution in [2.45, 2.75) is 18.3 Å². The van der Waals surface area contributed by atoms with Gasteiger partial charge in [-0.3, -0.25) is 0 Å². The zero-order chi connectivity index (χ0) is 11.3. The molecule has 2 aliphatic carbocycles. The zero-order valence-electron chi connectivity index (χ0n) is 9.29. The van der Waals surface area contributed by atoms with Crippen LogP contribution < -0.4 is 9.47 Å². The molecule has 2 atom stereocenters. The molecule has 0 heterocycles. The van der Waals surface area contributed by atoms with Gasteiger partial charge in [-0.05, 0) is 23.0 Å². The molecule has 2 aliphatic rings. The summed E-state index contributed by atoms with van der Waals surface area (Å²) in [6, 6.07) is 4.00. The number of rotatable bonds is 2. The Hall–Kier alpha value is -0.960. The Balaban J connectivity index is 2.23. The second-order valence-corrected chi connectivity index (χ2v) is 5.16. The van der Waals surface area contributed by atoms with Crippen molar-refractivity contribution in [3.05, 3.63) is 33.8 Å². The minimum atomic E-state index is 0.463. The molecule has 3 heteroatoms. The Kier molecular flexibility index (Phi) is 2.25. The fourth-order valence-corrected chi connectivity index (χ4v) is 3.63. The lowest BCUT2D eigenvalue weighted by molar-refractivity contribution is 0.396. The molecular formula is C13H13BrO2. The lowest BCUT2D eigenvalue weighted by atomic mass is 9.95. The monoisotopic (exact) mass is 280 g/mol. The molecular weight excluding hydrogens is 268 g/mol. The van der Waals surface area contributed by atoms with E-state index in [4.69, 9.17) is 9.47 Å². The lowest BCUT2D eigenvalue weighted by Gasteiger charge is -2.19. The van der Waals surface area contributed by atoms with E-state index >= 15 is 0 Å². The quantitative estimate of drug-likeness (QED) is 0.825. The second-order valence-electron chi connectivity index (χ2n) is 4.24. The number of hydrogen-bond acceptors (Lipinski definition) is 2. The van der Waals surface area contributed by atoms with Gasteiger partial charge in [0.05, 0.1) is 14.2 Å². The summed E-state index contributed by atoms with van der Waals surface area (Å²) in [6.45, 7) is 0. The van der Waals surface area contributed by atoms with Gasteiger partial charge in [-0.2, -0.15) is 0 Å². The van der Waals surface area contributed by atoms with Crippen molar-refractivity contribution in [2.75, 3.05) is 14.2 Å². The topological polar surface area (TPSA) is 18.5 Å². The van der Waals surface area contributed by atoms with Crippen LogP contribution >= 0.6 is 15.9 Å². The van der Waals surface area contributed by atoms with E-state index < -0.39 is 0 Å². The number of methoxy groups -OCH3 is 2. The predicted molar refractivity (Wildman–Crippen MR) is 66.7 cm³/mol. The highest BCUT2D eigenvalue weighted by molar-refractivity contribution is 9.11. The van der Waals surface area contributed by atoms with Gasteiger partial charge in [0.15, 0.2) is 0 Å². The molecule has 2 nitrogen and oxygen atoms in total. The molecule has 2 unspecified atom stereocenters. The molecule has 16 heavy (non-hydrogen) atoms. The molecule has 1 aromatic rings. The average Bonchev–Trinajstić information content (AvgIpc) is 2.85. The summed E-state index contributed by atoms with van der Waals surface area (Å²) in [5.41, 5.74) is 2.62. The Morgan fingerprint density at radius 2 is 1.75 bits per heavy atom.